The van der Waals surface area contributed by atoms with Crippen LogP contribution < -0.4 is 15.4 Å². The summed E-state index contributed by atoms with van der Waals surface area (Å²) < 4.78 is 60.9. The lowest BCUT2D eigenvalue weighted by atomic mass is 9.93. The highest BCUT2D eigenvalue weighted by molar-refractivity contribution is 5.68. The summed E-state index contributed by atoms with van der Waals surface area (Å²) >= 11 is 0. The number of alkyl halides is 2. The van der Waals surface area contributed by atoms with Gasteiger partial charge in [-0.1, -0.05) is 6.08 Å². The summed E-state index contributed by atoms with van der Waals surface area (Å²) in [5.74, 6) is -3.10. The predicted octanol–water partition coefficient (Wildman–Crippen LogP) is 4.71. The molecule has 184 valence electrons. The average molecular weight is 488 g/mol. The van der Waals surface area contributed by atoms with E-state index in [-0.39, 0.29) is 31.2 Å². The van der Waals surface area contributed by atoms with Gasteiger partial charge < -0.3 is 15.4 Å². The van der Waals surface area contributed by atoms with E-state index in [4.69, 9.17) is 10.5 Å². The number of aryl methyl sites for hydroxylation is 1. The van der Waals surface area contributed by atoms with Gasteiger partial charge in [-0.05, 0) is 36.1 Å². The van der Waals surface area contributed by atoms with Crippen molar-refractivity contribution >= 4 is 11.5 Å². The van der Waals surface area contributed by atoms with Gasteiger partial charge in [0.1, 0.15) is 17.3 Å². The van der Waals surface area contributed by atoms with E-state index in [1.54, 1.807) is 13.1 Å². The maximum Gasteiger partial charge on any atom is 0.251 e. The zero-order valence-corrected chi connectivity index (χ0v) is 18.9. The Kier molecular flexibility index (Phi) is 5.96. The van der Waals surface area contributed by atoms with Gasteiger partial charge in [0.15, 0.2) is 11.5 Å². The van der Waals surface area contributed by atoms with Crippen molar-refractivity contribution < 1.29 is 22.3 Å². The van der Waals surface area contributed by atoms with Gasteiger partial charge in [0.25, 0.3) is 5.92 Å². The number of aromatic nitrogens is 4. The summed E-state index contributed by atoms with van der Waals surface area (Å²) in [7, 11) is 0. The van der Waals surface area contributed by atoms with Crippen LogP contribution in [0.5, 0.6) is 11.5 Å². The molecule has 3 N–H and O–H groups in total. The van der Waals surface area contributed by atoms with E-state index in [0.29, 0.717) is 52.9 Å². The van der Waals surface area contributed by atoms with Crippen LogP contribution in [-0.2, 0) is 0 Å². The molecule has 2 unspecified atom stereocenters. The number of ether oxygens (including phenoxy) is 1. The number of hydrogen-bond acceptors (Lipinski definition) is 6. The van der Waals surface area contributed by atoms with Gasteiger partial charge in [0.2, 0.25) is 5.95 Å². The van der Waals surface area contributed by atoms with Crippen LogP contribution in [0.4, 0.5) is 23.5 Å². The average Bonchev–Trinajstić information content (AvgIpc) is 3.43. The molecule has 1 aromatic carbocycles. The molecule has 11 heteroatoms. The number of halogens is 4. The molecule has 7 nitrogen and oxygen atoms in total. The first-order valence-corrected chi connectivity index (χ1v) is 11.3. The minimum absolute atomic E-state index is 0.203. The van der Waals surface area contributed by atoms with Gasteiger partial charge in [0.05, 0.1) is 18.6 Å². The molecular formula is C24H24F4N6O. The van der Waals surface area contributed by atoms with Crippen molar-refractivity contribution in [2.45, 2.75) is 44.1 Å². The Hall–Kier alpha value is -3.47. The number of nitrogens with one attached hydrogen (secondary N) is 1. The molecule has 0 saturated carbocycles. The van der Waals surface area contributed by atoms with Gasteiger partial charge in [0, 0.05) is 44.0 Å². The molecule has 35 heavy (non-hydrogen) atoms. The fraction of sp³-hybridized carbons (Fsp3) is 0.375. The van der Waals surface area contributed by atoms with E-state index in [1.807, 2.05) is 4.90 Å². The smallest absolute Gasteiger partial charge is 0.251 e. The standard InChI is InChI=1S/C24H24F4N6O/c1-13-6-16(19(26)7-18(13)25)17-11-34(12-20(17)29)23-30-8-15(9-31-23)35-21-10-32-33-22(21)14-2-4-24(27,28)5-3-14/h2,6-10,17,20H,3-5,11-12,29H2,1H3,(H,32,33). The number of allylic oxidation sites excluding steroid dienone is 2. The normalized spacial score (nSPS) is 21.8. The molecule has 3 aromatic rings. The number of benzene rings is 1. The maximum absolute atomic E-state index is 14.4. The molecule has 0 radical (unpaired) electrons. The second-order valence-corrected chi connectivity index (χ2v) is 9.01. The molecule has 2 aromatic heterocycles. The van der Waals surface area contributed by atoms with E-state index in [2.05, 4.69) is 20.2 Å². The summed E-state index contributed by atoms with van der Waals surface area (Å²) in [6, 6.07) is 2.02. The first-order valence-electron chi connectivity index (χ1n) is 11.3. The zero-order chi connectivity index (χ0) is 24.7. The monoisotopic (exact) mass is 488 g/mol. The number of hydrogen-bond donors (Lipinski definition) is 2. The van der Waals surface area contributed by atoms with Crippen molar-refractivity contribution in [2.24, 2.45) is 5.73 Å². The molecule has 1 aliphatic heterocycles. The van der Waals surface area contributed by atoms with Gasteiger partial charge in [-0.2, -0.15) is 5.10 Å². The molecule has 0 bridgehead atoms. The Balaban J connectivity index is 1.28. The fourth-order valence-electron chi connectivity index (χ4n) is 4.53. The topological polar surface area (TPSA) is 93.0 Å². The summed E-state index contributed by atoms with van der Waals surface area (Å²) in [6.07, 6.45) is 5.66. The second kappa shape index (κ2) is 8.95. The van der Waals surface area contributed by atoms with E-state index in [9.17, 15) is 17.6 Å². The van der Waals surface area contributed by atoms with Crippen LogP contribution in [0.1, 0.15) is 42.0 Å². The first-order chi connectivity index (χ1) is 16.7. The molecule has 2 aliphatic rings. The number of nitrogens with zero attached hydrogens (tertiary/aromatic N) is 4. The van der Waals surface area contributed by atoms with Crippen molar-refractivity contribution in [2.75, 3.05) is 18.0 Å². The van der Waals surface area contributed by atoms with Crippen LogP contribution in [0.15, 0.2) is 36.8 Å². The second-order valence-electron chi connectivity index (χ2n) is 9.01. The third kappa shape index (κ3) is 4.72. The molecule has 1 saturated heterocycles. The predicted molar refractivity (Wildman–Crippen MR) is 121 cm³/mol. The highest BCUT2D eigenvalue weighted by Crippen LogP contribution is 2.39. The van der Waals surface area contributed by atoms with Crippen molar-refractivity contribution in [3.8, 4) is 11.5 Å². The Morgan fingerprint density at radius 1 is 1.14 bits per heavy atom. The fourth-order valence-corrected chi connectivity index (χ4v) is 4.53. The molecule has 3 heterocycles. The lowest BCUT2D eigenvalue weighted by Crippen LogP contribution is -2.29. The lowest BCUT2D eigenvalue weighted by Gasteiger charge is -2.21. The van der Waals surface area contributed by atoms with E-state index < -0.39 is 17.6 Å². The Bertz CT molecular complexity index is 1260. The molecule has 1 aliphatic carbocycles. The van der Waals surface area contributed by atoms with Crippen LogP contribution >= 0.6 is 0 Å². The van der Waals surface area contributed by atoms with Crippen LogP contribution in [0.3, 0.4) is 0 Å². The van der Waals surface area contributed by atoms with Crippen LogP contribution in [0.25, 0.3) is 5.57 Å². The SMILES string of the molecule is Cc1cc(C2CN(c3ncc(Oc4c[nH]nc4C4=CCC(F)(F)CC4)cn3)CC2N)c(F)cc1F. The highest BCUT2D eigenvalue weighted by Gasteiger charge is 2.35. The number of H-pyrrole nitrogens is 1. The molecule has 0 spiro atoms. The quantitative estimate of drug-likeness (QED) is 0.506. The van der Waals surface area contributed by atoms with Crippen molar-refractivity contribution in [1.82, 2.24) is 20.2 Å². The zero-order valence-electron chi connectivity index (χ0n) is 18.9. The number of rotatable bonds is 5. The summed E-state index contributed by atoms with van der Waals surface area (Å²) in [5.41, 5.74) is 8.19. The summed E-state index contributed by atoms with van der Waals surface area (Å²) in [4.78, 5) is 10.6. The summed E-state index contributed by atoms with van der Waals surface area (Å²) in [5, 5.41) is 6.86. The van der Waals surface area contributed by atoms with E-state index in [1.165, 1.54) is 24.5 Å². The Morgan fingerprint density at radius 3 is 2.63 bits per heavy atom. The number of nitrogens with two attached hydrogens (primary N) is 1. The molecule has 0 amide bonds. The molecular weight excluding hydrogens is 464 g/mol. The van der Waals surface area contributed by atoms with E-state index >= 15 is 0 Å². The minimum Gasteiger partial charge on any atom is -0.450 e. The van der Waals surface area contributed by atoms with Gasteiger partial charge in [-0.25, -0.2) is 27.5 Å². The minimum atomic E-state index is -2.69. The largest absolute Gasteiger partial charge is 0.450 e. The van der Waals surface area contributed by atoms with Crippen molar-refractivity contribution in [3.63, 3.8) is 0 Å². The van der Waals surface area contributed by atoms with Crippen LogP contribution in [-0.4, -0.2) is 45.2 Å². The summed E-state index contributed by atoms with van der Waals surface area (Å²) in [6.45, 7) is 2.38. The number of anilines is 1. The van der Waals surface area contributed by atoms with Gasteiger partial charge in [-0.15, -0.1) is 0 Å². The van der Waals surface area contributed by atoms with E-state index in [0.717, 1.165) is 6.07 Å². The highest BCUT2D eigenvalue weighted by atomic mass is 19.3. The van der Waals surface area contributed by atoms with Crippen molar-refractivity contribution in [1.29, 1.82) is 0 Å². The van der Waals surface area contributed by atoms with Gasteiger partial charge >= 0.3 is 0 Å². The van der Waals surface area contributed by atoms with Gasteiger partial charge in [-0.3, -0.25) is 5.10 Å². The molecule has 1 fully saturated rings. The van der Waals surface area contributed by atoms with Crippen LogP contribution in [0, 0.1) is 18.6 Å². The van der Waals surface area contributed by atoms with Crippen molar-refractivity contribution in [3.05, 3.63) is 65.3 Å². The Morgan fingerprint density at radius 2 is 1.91 bits per heavy atom. The third-order valence-corrected chi connectivity index (χ3v) is 6.48. The Labute approximate surface area is 199 Å². The lowest BCUT2D eigenvalue weighted by molar-refractivity contribution is -0.00607. The van der Waals surface area contributed by atoms with Crippen LogP contribution in [0.2, 0.25) is 0 Å². The molecule has 5 rings (SSSR count). The number of aromatic amines is 1. The maximum atomic E-state index is 14.4. The third-order valence-electron chi connectivity index (χ3n) is 6.48. The molecule has 2 atom stereocenters. The first kappa shape index (κ1) is 23.3.